The first-order chi connectivity index (χ1) is 13.9. The van der Waals surface area contributed by atoms with Gasteiger partial charge in [0.25, 0.3) is 0 Å². The summed E-state index contributed by atoms with van der Waals surface area (Å²) in [7, 11) is 1.73. The Balaban J connectivity index is 3.06. The third kappa shape index (κ3) is 7.42. The van der Waals surface area contributed by atoms with Crippen LogP contribution in [0.5, 0.6) is 0 Å². The standard InChI is InChI=1S/C23H41N3O4/c1-9-30-22(29)16(4)14-18(15(2)3)26(8)21(28)19(23(5,6)7)25-20(27)17-10-12-24-13-11-17/h14-15,17-19,24H,9-13H2,1-8H3,(H,25,27)/t18?,19-/m1/s1. The van der Waals surface area contributed by atoms with Crippen molar-refractivity contribution >= 4 is 17.8 Å². The van der Waals surface area contributed by atoms with Gasteiger partial charge in [0, 0.05) is 18.5 Å². The number of carbonyl (C=O) groups excluding carboxylic acids is 3. The quantitative estimate of drug-likeness (QED) is 0.463. The highest BCUT2D eigenvalue weighted by Crippen LogP contribution is 2.25. The predicted molar refractivity (Wildman–Crippen MR) is 119 cm³/mol. The van der Waals surface area contributed by atoms with Crippen molar-refractivity contribution in [2.24, 2.45) is 17.3 Å². The second-order valence-electron chi connectivity index (χ2n) is 9.59. The maximum atomic E-state index is 13.5. The number of rotatable bonds is 8. The Morgan fingerprint density at radius 3 is 2.23 bits per heavy atom. The van der Waals surface area contributed by atoms with Gasteiger partial charge in [-0.1, -0.05) is 40.7 Å². The van der Waals surface area contributed by atoms with Gasteiger partial charge in [-0.25, -0.2) is 4.79 Å². The number of esters is 1. The van der Waals surface area contributed by atoms with Crippen molar-refractivity contribution in [1.82, 2.24) is 15.5 Å². The fraction of sp³-hybridized carbons (Fsp3) is 0.783. The molecule has 0 aromatic rings. The number of hydrogen-bond donors (Lipinski definition) is 2. The Morgan fingerprint density at radius 2 is 1.77 bits per heavy atom. The highest BCUT2D eigenvalue weighted by Gasteiger charge is 2.38. The largest absolute Gasteiger partial charge is 0.463 e. The lowest BCUT2D eigenvalue weighted by Gasteiger charge is -2.38. The van der Waals surface area contributed by atoms with Gasteiger partial charge in [0.05, 0.1) is 12.6 Å². The summed E-state index contributed by atoms with van der Waals surface area (Å²) in [5.74, 6) is -0.574. The molecule has 2 atom stereocenters. The average Bonchev–Trinajstić information content (AvgIpc) is 2.68. The summed E-state index contributed by atoms with van der Waals surface area (Å²) in [6.07, 6.45) is 3.35. The molecule has 1 heterocycles. The van der Waals surface area contributed by atoms with Crippen LogP contribution < -0.4 is 10.6 Å². The van der Waals surface area contributed by atoms with Crippen LogP contribution in [-0.4, -0.2) is 61.5 Å². The van der Waals surface area contributed by atoms with E-state index in [1.807, 2.05) is 34.6 Å². The molecular formula is C23H41N3O4. The van der Waals surface area contributed by atoms with Crippen LogP contribution in [-0.2, 0) is 19.1 Å². The van der Waals surface area contributed by atoms with E-state index in [0.717, 1.165) is 25.9 Å². The van der Waals surface area contributed by atoms with Crippen LogP contribution >= 0.6 is 0 Å². The predicted octanol–water partition coefficient (Wildman–Crippen LogP) is 2.51. The number of piperidine rings is 1. The number of nitrogens with zero attached hydrogens (tertiary/aromatic N) is 1. The van der Waals surface area contributed by atoms with E-state index in [4.69, 9.17) is 4.74 Å². The molecule has 1 aliphatic heterocycles. The van der Waals surface area contributed by atoms with Crippen LogP contribution in [0.1, 0.15) is 61.3 Å². The molecule has 172 valence electrons. The number of carbonyl (C=O) groups is 3. The summed E-state index contributed by atoms with van der Waals surface area (Å²) in [4.78, 5) is 40.0. The van der Waals surface area contributed by atoms with Crippen molar-refractivity contribution in [3.05, 3.63) is 11.6 Å². The Kier molecular flexibility index (Phi) is 10.0. The number of likely N-dealkylation sites (N-methyl/N-ethyl adjacent to an activating group) is 1. The Labute approximate surface area is 182 Å². The fourth-order valence-corrected chi connectivity index (χ4v) is 3.66. The van der Waals surface area contributed by atoms with E-state index in [1.54, 1.807) is 31.9 Å². The summed E-state index contributed by atoms with van der Waals surface area (Å²) in [5.41, 5.74) is 0.0243. The van der Waals surface area contributed by atoms with Crippen molar-refractivity contribution in [2.75, 3.05) is 26.7 Å². The molecule has 1 unspecified atom stereocenters. The van der Waals surface area contributed by atoms with E-state index < -0.39 is 11.5 Å². The number of nitrogens with one attached hydrogen (secondary N) is 2. The lowest BCUT2D eigenvalue weighted by atomic mass is 9.84. The second kappa shape index (κ2) is 11.5. The van der Waals surface area contributed by atoms with E-state index >= 15 is 0 Å². The monoisotopic (exact) mass is 423 g/mol. The van der Waals surface area contributed by atoms with Crippen LogP contribution in [0, 0.1) is 17.3 Å². The zero-order chi connectivity index (χ0) is 23.1. The normalized spacial score (nSPS) is 18.0. The van der Waals surface area contributed by atoms with Gasteiger partial charge < -0.3 is 20.3 Å². The molecule has 7 nitrogen and oxygen atoms in total. The topological polar surface area (TPSA) is 87.7 Å². The van der Waals surface area contributed by atoms with Crippen LogP contribution in [0.3, 0.4) is 0 Å². The SMILES string of the molecule is CCOC(=O)C(C)=CC(C(C)C)N(C)C(=O)[C@@H](NC(=O)C1CCNCC1)C(C)(C)C. The maximum absolute atomic E-state index is 13.5. The van der Waals surface area contributed by atoms with Gasteiger partial charge in [-0.05, 0) is 51.1 Å². The molecule has 1 aliphatic rings. The molecule has 0 aromatic heterocycles. The minimum Gasteiger partial charge on any atom is -0.463 e. The molecule has 0 aliphatic carbocycles. The number of hydrogen-bond acceptors (Lipinski definition) is 5. The highest BCUT2D eigenvalue weighted by atomic mass is 16.5. The first-order valence-corrected chi connectivity index (χ1v) is 11.0. The summed E-state index contributed by atoms with van der Waals surface area (Å²) in [5, 5.41) is 6.29. The molecule has 2 amide bonds. The van der Waals surface area contributed by atoms with Gasteiger partial charge in [0.2, 0.25) is 11.8 Å². The molecular weight excluding hydrogens is 382 g/mol. The van der Waals surface area contributed by atoms with Crippen molar-refractivity contribution in [3.63, 3.8) is 0 Å². The van der Waals surface area contributed by atoms with E-state index in [1.165, 1.54) is 0 Å². The van der Waals surface area contributed by atoms with Crippen molar-refractivity contribution in [1.29, 1.82) is 0 Å². The molecule has 0 saturated carbocycles. The fourth-order valence-electron chi connectivity index (χ4n) is 3.66. The molecule has 30 heavy (non-hydrogen) atoms. The number of amides is 2. The average molecular weight is 424 g/mol. The Hall–Kier alpha value is -1.89. The minimum absolute atomic E-state index is 0.0579. The van der Waals surface area contributed by atoms with Gasteiger partial charge in [0.15, 0.2) is 0 Å². The summed E-state index contributed by atoms with van der Waals surface area (Å²) in [6.45, 7) is 15.3. The van der Waals surface area contributed by atoms with Crippen LogP contribution in [0.15, 0.2) is 11.6 Å². The lowest BCUT2D eigenvalue weighted by Crippen LogP contribution is -2.57. The molecule has 1 rings (SSSR count). The van der Waals surface area contributed by atoms with Crippen molar-refractivity contribution in [3.8, 4) is 0 Å². The van der Waals surface area contributed by atoms with Gasteiger partial charge in [0.1, 0.15) is 6.04 Å². The molecule has 0 aromatic carbocycles. The van der Waals surface area contributed by atoms with Gasteiger partial charge >= 0.3 is 5.97 Å². The zero-order valence-electron chi connectivity index (χ0n) is 20.0. The first-order valence-electron chi connectivity index (χ1n) is 11.0. The lowest BCUT2D eigenvalue weighted by molar-refractivity contribution is -0.141. The zero-order valence-corrected chi connectivity index (χ0v) is 20.0. The number of ether oxygens (including phenoxy) is 1. The van der Waals surface area contributed by atoms with Crippen LogP contribution in [0.25, 0.3) is 0 Å². The Morgan fingerprint density at radius 1 is 1.20 bits per heavy atom. The van der Waals surface area contributed by atoms with Crippen LogP contribution in [0.4, 0.5) is 0 Å². The molecule has 0 radical (unpaired) electrons. The van der Waals surface area contributed by atoms with Gasteiger partial charge in [-0.3, -0.25) is 9.59 Å². The molecule has 0 bridgehead atoms. The van der Waals surface area contributed by atoms with E-state index in [0.29, 0.717) is 12.2 Å². The van der Waals surface area contributed by atoms with Gasteiger partial charge in [-0.15, -0.1) is 0 Å². The van der Waals surface area contributed by atoms with Crippen LogP contribution in [0.2, 0.25) is 0 Å². The van der Waals surface area contributed by atoms with E-state index in [2.05, 4.69) is 10.6 Å². The van der Waals surface area contributed by atoms with Crippen molar-refractivity contribution in [2.45, 2.75) is 73.4 Å². The summed E-state index contributed by atoms with van der Waals surface area (Å²) in [6, 6.07) is -0.940. The third-order valence-corrected chi connectivity index (χ3v) is 5.61. The summed E-state index contributed by atoms with van der Waals surface area (Å²) < 4.78 is 5.07. The smallest absolute Gasteiger partial charge is 0.333 e. The van der Waals surface area contributed by atoms with Crippen molar-refractivity contribution < 1.29 is 19.1 Å². The minimum atomic E-state index is -0.651. The first kappa shape index (κ1) is 26.1. The molecule has 1 fully saturated rings. The molecule has 2 N–H and O–H groups in total. The Bertz CT molecular complexity index is 631. The highest BCUT2D eigenvalue weighted by molar-refractivity contribution is 5.90. The summed E-state index contributed by atoms with van der Waals surface area (Å²) >= 11 is 0. The third-order valence-electron chi connectivity index (χ3n) is 5.61. The molecule has 0 spiro atoms. The second-order valence-corrected chi connectivity index (χ2v) is 9.59. The van der Waals surface area contributed by atoms with E-state index in [9.17, 15) is 14.4 Å². The van der Waals surface area contributed by atoms with Gasteiger partial charge in [-0.2, -0.15) is 0 Å². The van der Waals surface area contributed by atoms with E-state index in [-0.39, 0.29) is 35.7 Å². The molecule has 7 heteroatoms. The maximum Gasteiger partial charge on any atom is 0.333 e. The molecule has 1 saturated heterocycles.